The van der Waals surface area contributed by atoms with Crippen LogP contribution < -0.4 is 5.73 Å². The number of nitrogens with two attached hydrogens (primary N) is 1. The minimum Gasteiger partial charge on any atom is -0.387 e. The third-order valence-corrected chi connectivity index (χ3v) is 3.31. The molecular formula is C13H13F5N2. The van der Waals surface area contributed by atoms with Crippen molar-refractivity contribution in [2.45, 2.75) is 38.1 Å². The number of hydrogen-bond acceptors (Lipinski definition) is 2. The fourth-order valence-electron chi connectivity index (χ4n) is 2.26. The van der Waals surface area contributed by atoms with Gasteiger partial charge in [-0.2, -0.15) is 0 Å². The van der Waals surface area contributed by atoms with Crippen LogP contribution in [0.3, 0.4) is 0 Å². The minimum absolute atomic E-state index is 0.344. The Hall–Kier alpha value is -1.66. The van der Waals surface area contributed by atoms with E-state index >= 15 is 0 Å². The molecular weight excluding hydrogens is 279 g/mol. The molecule has 0 saturated heterocycles. The Morgan fingerprint density at radius 1 is 0.900 bits per heavy atom. The van der Waals surface area contributed by atoms with Gasteiger partial charge in [-0.05, 0) is 12.8 Å². The van der Waals surface area contributed by atoms with Gasteiger partial charge < -0.3 is 5.73 Å². The zero-order chi connectivity index (χ0) is 14.9. The van der Waals surface area contributed by atoms with E-state index in [0.29, 0.717) is 18.7 Å². The summed E-state index contributed by atoms with van der Waals surface area (Å²) in [5, 5.41) is 0. The van der Waals surface area contributed by atoms with E-state index in [1.54, 1.807) is 0 Å². The highest BCUT2D eigenvalue weighted by atomic mass is 19.2. The highest BCUT2D eigenvalue weighted by Gasteiger charge is 2.27. The molecule has 1 aromatic carbocycles. The van der Waals surface area contributed by atoms with Crippen LogP contribution in [0.5, 0.6) is 0 Å². The lowest BCUT2D eigenvalue weighted by atomic mass is 10.0. The fourth-order valence-corrected chi connectivity index (χ4v) is 2.26. The predicted octanol–water partition coefficient (Wildman–Crippen LogP) is 3.22. The molecule has 1 atom stereocenters. The number of nitrogens with zero attached hydrogens (tertiary/aromatic N) is 1. The van der Waals surface area contributed by atoms with Crippen molar-refractivity contribution in [1.29, 1.82) is 0 Å². The van der Waals surface area contributed by atoms with Crippen molar-refractivity contribution < 1.29 is 22.0 Å². The first kappa shape index (κ1) is 14.7. The summed E-state index contributed by atoms with van der Waals surface area (Å²) in [6.07, 6.45) is 2.26. The summed E-state index contributed by atoms with van der Waals surface area (Å²) in [5.74, 6) is -9.24. The van der Waals surface area contributed by atoms with Crippen LogP contribution in [0.25, 0.3) is 0 Å². The first-order chi connectivity index (χ1) is 9.41. The number of rotatable bonds is 2. The topological polar surface area (TPSA) is 38.4 Å². The van der Waals surface area contributed by atoms with E-state index in [2.05, 4.69) is 4.99 Å². The lowest BCUT2D eigenvalue weighted by molar-refractivity contribution is 0.366. The Labute approximate surface area is 112 Å². The smallest absolute Gasteiger partial charge is 0.200 e. The molecule has 0 amide bonds. The quantitative estimate of drug-likeness (QED) is 0.507. The molecule has 1 heterocycles. The standard InChI is InChI=1S/C13H13F5N2/c14-9-7(10(15)12(17)13(18)11(9)16)5-6-3-1-2-4-8(19)20-6/h6H,1-5H2,(H2,19,20). The molecule has 0 aromatic heterocycles. The number of hydrogen-bond donors (Lipinski definition) is 1. The molecule has 0 radical (unpaired) electrons. The molecule has 0 bridgehead atoms. The van der Waals surface area contributed by atoms with Gasteiger partial charge >= 0.3 is 0 Å². The van der Waals surface area contributed by atoms with Gasteiger partial charge in [0.05, 0.1) is 11.9 Å². The zero-order valence-electron chi connectivity index (χ0n) is 10.5. The Morgan fingerprint density at radius 2 is 1.45 bits per heavy atom. The normalized spacial score (nSPS) is 19.6. The van der Waals surface area contributed by atoms with E-state index in [0.717, 1.165) is 12.8 Å². The van der Waals surface area contributed by atoms with E-state index in [1.807, 2.05) is 0 Å². The van der Waals surface area contributed by atoms with E-state index in [9.17, 15) is 22.0 Å². The molecule has 2 nitrogen and oxygen atoms in total. The largest absolute Gasteiger partial charge is 0.387 e. The van der Waals surface area contributed by atoms with E-state index in [4.69, 9.17) is 5.73 Å². The van der Waals surface area contributed by atoms with E-state index in [-0.39, 0.29) is 6.42 Å². The van der Waals surface area contributed by atoms with Gasteiger partial charge in [-0.3, -0.25) is 4.99 Å². The Kier molecular flexibility index (Phi) is 4.25. The number of halogens is 5. The Bertz CT molecular complexity index is 527. The van der Waals surface area contributed by atoms with Crippen molar-refractivity contribution in [3.8, 4) is 0 Å². The van der Waals surface area contributed by atoms with E-state index < -0.39 is 40.7 Å². The average molecular weight is 292 g/mol. The second-order valence-electron chi connectivity index (χ2n) is 4.77. The summed E-state index contributed by atoms with van der Waals surface area (Å²) < 4.78 is 66.2. The van der Waals surface area contributed by atoms with Crippen molar-refractivity contribution in [3.05, 3.63) is 34.6 Å². The van der Waals surface area contributed by atoms with Gasteiger partial charge in [-0.15, -0.1) is 0 Å². The van der Waals surface area contributed by atoms with E-state index in [1.165, 1.54) is 0 Å². The van der Waals surface area contributed by atoms with Crippen molar-refractivity contribution in [2.75, 3.05) is 0 Å². The Morgan fingerprint density at radius 3 is 2.05 bits per heavy atom. The molecule has 2 rings (SSSR count). The molecule has 110 valence electrons. The summed E-state index contributed by atoms with van der Waals surface area (Å²) in [6.45, 7) is 0. The van der Waals surface area contributed by atoms with Gasteiger partial charge in [-0.1, -0.05) is 6.42 Å². The minimum atomic E-state index is -2.15. The van der Waals surface area contributed by atoms with Gasteiger partial charge in [0.15, 0.2) is 23.3 Å². The third kappa shape index (κ3) is 2.76. The lowest BCUT2D eigenvalue weighted by Crippen LogP contribution is -2.18. The van der Waals surface area contributed by atoms with Crippen LogP contribution in [-0.4, -0.2) is 11.9 Å². The average Bonchev–Trinajstić information content (AvgIpc) is 2.63. The molecule has 1 unspecified atom stereocenters. The lowest BCUT2D eigenvalue weighted by Gasteiger charge is -2.13. The van der Waals surface area contributed by atoms with Crippen molar-refractivity contribution in [2.24, 2.45) is 10.7 Å². The van der Waals surface area contributed by atoms with Crippen LogP contribution in [0.4, 0.5) is 22.0 Å². The Balaban J connectivity index is 2.36. The van der Waals surface area contributed by atoms with Crippen molar-refractivity contribution >= 4 is 5.84 Å². The summed E-state index contributed by atoms with van der Waals surface area (Å²) in [5.41, 5.74) is 4.76. The molecule has 0 spiro atoms. The second kappa shape index (κ2) is 5.76. The van der Waals surface area contributed by atoms with Crippen LogP contribution in [0.15, 0.2) is 4.99 Å². The van der Waals surface area contributed by atoms with Crippen LogP contribution in [0, 0.1) is 29.1 Å². The molecule has 0 aliphatic carbocycles. The molecule has 1 aliphatic rings. The molecule has 1 aliphatic heterocycles. The number of aliphatic imine (C=N–C) groups is 1. The molecule has 0 saturated carbocycles. The predicted molar refractivity (Wildman–Crippen MR) is 63.8 cm³/mol. The molecule has 0 fully saturated rings. The van der Waals surface area contributed by atoms with Crippen LogP contribution >= 0.6 is 0 Å². The third-order valence-electron chi connectivity index (χ3n) is 3.31. The molecule has 1 aromatic rings. The maximum absolute atomic E-state index is 13.6. The van der Waals surface area contributed by atoms with Gasteiger partial charge in [0.25, 0.3) is 0 Å². The first-order valence-corrected chi connectivity index (χ1v) is 6.24. The molecule has 7 heteroatoms. The first-order valence-electron chi connectivity index (χ1n) is 6.24. The summed E-state index contributed by atoms with van der Waals surface area (Å²) in [7, 11) is 0. The summed E-state index contributed by atoms with van der Waals surface area (Å²) in [4.78, 5) is 4.06. The van der Waals surface area contributed by atoms with Gasteiger partial charge in [0.2, 0.25) is 5.82 Å². The maximum Gasteiger partial charge on any atom is 0.200 e. The SMILES string of the molecule is NC1=NC(Cc2c(F)c(F)c(F)c(F)c2F)CCCC1. The highest BCUT2D eigenvalue weighted by Crippen LogP contribution is 2.26. The number of benzene rings is 1. The highest BCUT2D eigenvalue weighted by molar-refractivity contribution is 5.80. The molecule has 20 heavy (non-hydrogen) atoms. The van der Waals surface area contributed by atoms with Crippen LogP contribution in [0.2, 0.25) is 0 Å². The maximum atomic E-state index is 13.6. The van der Waals surface area contributed by atoms with Crippen molar-refractivity contribution in [1.82, 2.24) is 0 Å². The van der Waals surface area contributed by atoms with Crippen LogP contribution in [-0.2, 0) is 6.42 Å². The summed E-state index contributed by atoms with van der Waals surface area (Å²) in [6, 6.07) is -0.564. The molecule has 2 N–H and O–H groups in total. The van der Waals surface area contributed by atoms with Gasteiger partial charge in [0, 0.05) is 18.4 Å². The van der Waals surface area contributed by atoms with Crippen molar-refractivity contribution in [3.63, 3.8) is 0 Å². The zero-order valence-corrected chi connectivity index (χ0v) is 10.5. The van der Waals surface area contributed by atoms with Gasteiger partial charge in [0.1, 0.15) is 0 Å². The van der Waals surface area contributed by atoms with Crippen LogP contribution in [0.1, 0.15) is 31.2 Å². The number of amidine groups is 1. The summed E-state index contributed by atoms with van der Waals surface area (Å²) >= 11 is 0. The van der Waals surface area contributed by atoms with Gasteiger partial charge in [-0.25, -0.2) is 22.0 Å². The second-order valence-corrected chi connectivity index (χ2v) is 4.77. The monoisotopic (exact) mass is 292 g/mol. The fraction of sp³-hybridized carbons (Fsp3) is 0.462.